The maximum absolute atomic E-state index is 10.1. The molecule has 0 aromatic carbocycles. The molecule has 9 heavy (non-hydrogen) atoms. The lowest BCUT2D eigenvalue weighted by molar-refractivity contribution is -0.548. The van der Waals surface area contributed by atoms with Crippen molar-refractivity contribution in [2.45, 2.75) is 6.29 Å². The highest BCUT2D eigenvalue weighted by Gasteiger charge is 2.24. The Kier molecular flexibility index (Phi) is 1.26. The molecule has 5 heteroatoms. The largest absolute Gasteiger partial charge is 0.365 e. The van der Waals surface area contributed by atoms with Crippen molar-refractivity contribution in [2.24, 2.45) is 0 Å². The predicted molar refractivity (Wildman–Crippen MR) is 30.8 cm³/mol. The lowest BCUT2D eigenvalue weighted by Crippen LogP contribution is -2.39. The van der Waals surface area contributed by atoms with Crippen LogP contribution < -0.4 is 5.32 Å². The molecule has 0 radical (unpaired) electrons. The topological polar surface area (TPSA) is 58.4 Å². The van der Waals surface area contributed by atoms with Gasteiger partial charge in [-0.05, 0) is 0 Å². The Morgan fingerprint density at radius 2 is 2.56 bits per heavy atom. The second-order valence-electron chi connectivity index (χ2n) is 1.81. The summed E-state index contributed by atoms with van der Waals surface area (Å²) in [6, 6.07) is 0. The molecule has 1 aliphatic rings. The maximum atomic E-state index is 10.1. The molecule has 1 unspecified atom stereocenters. The van der Waals surface area contributed by atoms with Crippen molar-refractivity contribution in [3.05, 3.63) is 22.5 Å². The molecule has 0 aromatic heterocycles. The standard InChI is InChI=1S/C4H7N3O2/c1-6-3-2-5-4(6)7(8)9/h2-5H,1H3. The van der Waals surface area contributed by atoms with Gasteiger partial charge in [-0.25, -0.2) is 0 Å². The predicted octanol–water partition coefficient (Wildman–Crippen LogP) is -0.447. The number of nitrogens with zero attached hydrogens (tertiary/aromatic N) is 2. The van der Waals surface area contributed by atoms with Crippen LogP contribution in [0.15, 0.2) is 12.4 Å². The van der Waals surface area contributed by atoms with E-state index in [1.54, 1.807) is 19.4 Å². The van der Waals surface area contributed by atoms with E-state index in [1.807, 2.05) is 0 Å². The summed E-state index contributed by atoms with van der Waals surface area (Å²) in [5.41, 5.74) is 0. The van der Waals surface area contributed by atoms with Crippen LogP contribution >= 0.6 is 0 Å². The van der Waals surface area contributed by atoms with Gasteiger partial charge in [0.25, 0.3) is 0 Å². The fraction of sp³-hybridized carbons (Fsp3) is 0.500. The molecular weight excluding hydrogens is 122 g/mol. The van der Waals surface area contributed by atoms with Crippen molar-refractivity contribution >= 4 is 0 Å². The van der Waals surface area contributed by atoms with Gasteiger partial charge in [-0.2, -0.15) is 0 Å². The molecule has 1 atom stereocenters. The SMILES string of the molecule is CN1C=CNC1[N+](=O)[O-]. The minimum absolute atomic E-state index is 0.389. The molecule has 1 heterocycles. The van der Waals surface area contributed by atoms with Crippen molar-refractivity contribution in [1.29, 1.82) is 0 Å². The molecule has 50 valence electrons. The van der Waals surface area contributed by atoms with E-state index in [-0.39, 0.29) is 4.92 Å². The first kappa shape index (κ1) is 5.87. The van der Waals surface area contributed by atoms with E-state index in [2.05, 4.69) is 5.32 Å². The van der Waals surface area contributed by atoms with E-state index >= 15 is 0 Å². The molecule has 0 saturated carbocycles. The Balaban J connectivity index is 2.55. The average molecular weight is 129 g/mol. The number of rotatable bonds is 1. The van der Waals surface area contributed by atoms with Gasteiger partial charge < -0.3 is 10.2 Å². The van der Waals surface area contributed by atoms with Gasteiger partial charge in [0, 0.05) is 19.4 Å². The molecule has 1 rings (SSSR count). The zero-order valence-corrected chi connectivity index (χ0v) is 4.94. The first-order valence-corrected chi connectivity index (χ1v) is 2.50. The van der Waals surface area contributed by atoms with Crippen LogP contribution in [0.3, 0.4) is 0 Å². The second kappa shape index (κ2) is 1.93. The van der Waals surface area contributed by atoms with E-state index in [0.717, 1.165) is 0 Å². The van der Waals surface area contributed by atoms with Crippen molar-refractivity contribution in [1.82, 2.24) is 10.2 Å². The van der Waals surface area contributed by atoms with Crippen LogP contribution in [0, 0.1) is 10.1 Å². The zero-order valence-electron chi connectivity index (χ0n) is 4.94. The summed E-state index contributed by atoms with van der Waals surface area (Å²) in [7, 11) is 1.64. The highest BCUT2D eigenvalue weighted by atomic mass is 16.6. The average Bonchev–Trinajstić information content (AvgIpc) is 2.13. The number of nitro groups is 1. The molecule has 0 amide bonds. The van der Waals surface area contributed by atoms with Crippen LogP contribution in [0.2, 0.25) is 0 Å². The third kappa shape index (κ3) is 0.933. The van der Waals surface area contributed by atoms with Gasteiger partial charge in [-0.15, -0.1) is 0 Å². The number of hydrogen-bond acceptors (Lipinski definition) is 4. The first-order chi connectivity index (χ1) is 4.22. The summed E-state index contributed by atoms with van der Waals surface area (Å²) < 4.78 is 0. The molecule has 0 spiro atoms. The van der Waals surface area contributed by atoms with Gasteiger partial charge in [0.1, 0.15) is 0 Å². The minimum atomic E-state index is -0.773. The minimum Gasteiger partial charge on any atom is -0.310 e. The zero-order chi connectivity index (χ0) is 6.85. The van der Waals surface area contributed by atoms with Gasteiger partial charge in [-0.3, -0.25) is 10.1 Å². The van der Waals surface area contributed by atoms with E-state index in [1.165, 1.54) is 4.90 Å². The molecule has 1 N–H and O–H groups in total. The smallest absolute Gasteiger partial charge is 0.310 e. The monoisotopic (exact) mass is 129 g/mol. The number of hydrogen-bond donors (Lipinski definition) is 1. The molecule has 0 aliphatic carbocycles. The quantitative estimate of drug-likeness (QED) is 0.385. The molecule has 5 nitrogen and oxygen atoms in total. The Morgan fingerprint density at radius 1 is 1.89 bits per heavy atom. The van der Waals surface area contributed by atoms with Crippen molar-refractivity contribution < 1.29 is 4.92 Å². The van der Waals surface area contributed by atoms with Gasteiger partial charge in [0.05, 0.1) is 4.92 Å². The molecular formula is C4H7N3O2. The lowest BCUT2D eigenvalue weighted by Gasteiger charge is -2.11. The maximum Gasteiger partial charge on any atom is 0.365 e. The van der Waals surface area contributed by atoms with Crippen molar-refractivity contribution in [3.8, 4) is 0 Å². The Morgan fingerprint density at radius 3 is 2.78 bits per heavy atom. The normalized spacial score (nSPS) is 24.1. The molecule has 1 aliphatic heterocycles. The van der Waals surface area contributed by atoms with Gasteiger partial charge in [0.15, 0.2) is 0 Å². The van der Waals surface area contributed by atoms with E-state index < -0.39 is 6.29 Å². The van der Waals surface area contributed by atoms with Crippen LogP contribution in [-0.2, 0) is 0 Å². The van der Waals surface area contributed by atoms with Crippen LogP contribution in [0.5, 0.6) is 0 Å². The highest BCUT2D eigenvalue weighted by Crippen LogP contribution is 1.99. The Labute approximate surface area is 52.1 Å². The Hall–Kier alpha value is -1.26. The van der Waals surface area contributed by atoms with E-state index in [0.29, 0.717) is 0 Å². The van der Waals surface area contributed by atoms with E-state index in [9.17, 15) is 10.1 Å². The van der Waals surface area contributed by atoms with Crippen molar-refractivity contribution in [2.75, 3.05) is 7.05 Å². The second-order valence-corrected chi connectivity index (χ2v) is 1.81. The summed E-state index contributed by atoms with van der Waals surface area (Å²) >= 11 is 0. The van der Waals surface area contributed by atoms with Gasteiger partial charge >= 0.3 is 6.29 Å². The van der Waals surface area contributed by atoms with E-state index in [4.69, 9.17) is 0 Å². The summed E-state index contributed by atoms with van der Waals surface area (Å²) in [4.78, 5) is 11.2. The van der Waals surface area contributed by atoms with Gasteiger partial charge in [0.2, 0.25) is 0 Å². The van der Waals surface area contributed by atoms with Crippen LogP contribution in [-0.4, -0.2) is 23.2 Å². The molecule has 0 bridgehead atoms. The number of nitrogens with one attached hydrogen (secondary N) is 1. The molecule has 0 fully saturated rings. The summed E-state index contributed by atoms with van der Waals surface area (Å²) in [5, 5.41) is 12.6. The third-order valence-corrected chi connectivity index (χ3v) is 1.14. The lowest BCUT2D eigenvalue weighted by atomic mass is 10.8. The van der Waals surface area contributed by atoms with Gasteiger partial charge in [-0.1, -0.05) is 0 Å². The fourth-order valence-corrected chi connectivity index (χ4v) is 0.655. The highest BCUT2D eigenvalue weighted by molar-refractivity contribution is 4.87. The molecule has 0 aromatic rings. The molecule has 0 saturated heterocycles. The van der Waals surface area contributed by atoms with Crippen molar-refractivity contribution in [3.63, 3.8) is 0 Å². The Bertz CT molecular complexity index is 156. The summed E-state index contributed by atoms with van der Waals surface area (Å²) in [6.45, 7) is 0. The summed E-state index contributed by atoms with van der Waals surface area (Å²) in [5.74, 6) is 0. The van der Waals surface area contributed by atoms with Crippen LogP contribution in [0.1, 0.15) is 0 Å². The van der Waals surface area contributed by atoms with Crippen LogP contribution in [0.4, 0.5) is 0 Å². The fourth-order valence-electron chi connectivity index (χ4n) is 0.655. The summed E-state index contributed by atoms with van der Waals surface area (Å²) in [6.07, 6.45) is 2.39. The third-order valence-electron chi connectivity index (χ3n) is 1.14. The first-order valence-electron chi connectivity index (χ1n) is 2.50. The van der Waals surface area contributed by atoms with Crippen LogP contribution in [0.25, 0.3) is 0 Å².